The molecule has 0 amide bonds. The molecule has 2 aliphatic carbocycles. The van der Waals surface area contributed by atoms with Crippen molar-refractivity contribution in [3.8, 4) is 10.6 Å². The van der Waals surface area contributed by atoms with Crippen molar-refractivity contribution < 1.29 is 22.6 Å². The molecule has 3 aliphatic rings. The van der Waals surface area contributed by atoms with Crippen LogP contribution in [0.25, 0.3) is 20.9 Å². The molecule has 32 heavy (non-hydrogen) atoms. The molecule has 1 unspecified atom stereocenters. The van der Waals surface area contributed by atoms with Crippen LogP contribution in [0.2, 0.25) is 0 Å². The normalized spacial score (nSPS) is 24.3. The van der Waals surface area contributed by atoms with Gasteiger partial charge in [0.05, 0.1) is 24.3 Å². The Morgan fingerprint density at radius 3 is 2.53 bits per heavy atom. The Balaban J connectivity index is 1.29. The van der Waals surface area contributed by atoms with Gasteiger partial charge in [0.2, 0.25) is 5.92 Å². The van der Waals surface area contributed by atoms with Crippen LogP contribution in [0.15, 0.2) is 42.5 Å². The standard InChI is InChI=1S/C24H21F3N2O2S/c25-17-12-14(22-30-10-1-11-31-22)2-3-16(17)20-28-18-4-5-19(29-21(18)32-20)23(8-9-23)15-6-7-24(26,27)13-15/h2-5,8-9,12,15,22H,1,6-7,10-11,13H2. The van der Waals surface area contributed by atoms with Gasteiger partial charge in [0.1, 0.15) is 21.2 Å². The molecule has 1 saturated heterocycles. The Morgan fingerprint density at radius 1 is 1.03 bits per heavy atom. The topological polar surface area (TPSA) is 44.2 Å². The number of pyridine rings is 1. The van der Waals surface area contributed by atoms with Crippen LogP contribution in [0.4, 0.5) is 13.2 Å². The quantitative estimate of drug-likeness (QED) is 0.438. The number of alkyl halides is 2. The zero-order chi connectivity index (χ0) is 21.9. The molecule has 1 atom stereocenters. The smallest absolute Gasteiger partial charge is 0.248 e. The molecule has 2 aromatic heterocycles. The van der Waals surface area contributed by atoms with Gasteiger partial charge in [-0.1, -0.05) is 29.6 Å². The predicted molar refractivity (Wildman–Crippen MR) is 115 cm³/mol. The minimum absolute atomic E-state index is 0.0692. The molecular weight excluding hydrogens is 437 g/mol. The molecule has 166 valence electrons. The van der Waals surface area contributed by atoms with Gasteiger partial charge in [0, 0.05) is 24.0 Å². The molecule has 1 aliphatic heterocycles. The van der Waals surface area contributed by atoms with E-state index in [0.29, 0.717) is 46.1 Å². The molecule has 1 aromatic carbocycles. The predicted octanol–water partition coefficient (Wildman–Crippen LogP) is 6.18. The van der Waals surface area contributed by atoms with Crippen molar-refractivity contribution in [1.29, 1.82) is 0 Å². The molecular formula is C24H21F3N2O2S. The largest absolute Gasteiger partial charge is 0.348 e. The van der Waals surface area contributed by atoms with Gasteiger partial charge in [0.25, 0.3) is 0 Å². The average molecular weight is 459 g/mol. The van der Waals surface area contributed by atoms with E-state index in [1.165, 1.54) is 17.4 Å². The number of nitrogens with zero attached hydrogens (tertiary/aromatic N) is 2. The van der Waals surface area contributed by atoms with Crippen LogP contribution in [0.5, 0.6) is 0 Å². The molecule has 0 radical (unpaired) electrons. The number of thiazole rings is 1. The number of halogens is 3. The summed E-state index contributed by atoms with van der Waals surface area (Å²) < 4.78 is 53.6. The van der Waals surface area contributed by atoms with Crippen molar-refractivity contribution in [3.63, 3.8) is 0 Å². The average Bonchev–Trinajstić information content (AvgIpc) is 3.36. The Hall–Kier alpha value is -2.29. The molecule has 8 heteroatoms. The van der Waals surface area contributed by atoms with Crippen molar-refractivity contribution in [2.24, 2.45) is 5.92 Å². The first-order valence-corrected chi connectivity index (χ1v) is 11.6. The van der Waals surface area contributed by atoms with Crippen LogP contribution in [0.1, 0.15) is 43.2 Å². The molecule has 0 N–H and O–H groups in total. The van der Waals surface area contributed by atoms with E-state index in [9.17, 15) is 13.2 Å². The van der Waals surface area contributed by atoms with E-state index < -0.39 is 23.4 Å². The maximum atomic E-state index is 14.9. The van der Waals surface area contributed by atoms with Gasteiger partial charge in [0.15, 0.2) is 6.29 Å². The summed E-state index contributed by atoms with van der Waals surface area (Å²) >= 11 is 1.31. The highest BCUT2D eigenvalue weighted by molar-refractivity contribution is 7.21. The Labute approximate surface area is 187 Å². The Kier molecular flexibility index (Phi) is 4.68. The Morgan fingerprint density at radius 2 is 1.84 bits per heavy atom. The lowest BCUT2D eigenvalue weighted by Crippen LogP contribution is -2.23. The van der Waals surface area contributed by atoms with Gasteiger partial charge in [-0.25, -0.2) is 23.1 Å². The summed E-state index contributed by atoms with van der Waals surface area (Å²) in [5, 5.41) is 0.532. The lowest BCUT2D eigenvalue weighted by Gasteiger charge is -2.23. The summed E-state index contributed by atoms with van der Waals surface area (Å²) in [6.45, 7) is 1.18. The number of benzene rings is 1. The maximum Gasteiger partial charge on any atom is 0.248 e. The van der Waals surface area contributed by atoms with Crippen molar-refractivity contribution >= 4 is 21.7 Å². The summed E-state index contributed by atoms with van der Waals surface area (Å²) in [5.41, 5.74) is 1.99. The van der Waals surface area contributed by atoms with E-state index in [2.05, 4.69) is 4.98 Å². The number of fused-ring (bicyclic) bond motifs is 1. The van der Waals surface area contributed by atoms with Crippen LogP contribution >= 0.6 is 11.3 Å². The second kappa shape index (κ2) is 7.37. The maximum absolute atomic E-state index is 14.9. The van der Waals surface area contributed by atoms with E-state index >= 15 is 0 Å². The number of allylic oxidation sites excluding steroid dienone is 2. The number of ether oxygens (including phenoxy) is 2. The van der Waals surface area contributed by atoms with Gasteiger partial charge in [-0.05, 0) is 43.0 Å². The number of rotatable bonds is 4. The van der Waals surface area contributed by atoms with Gasteiger partial charge in [-0.2, -0.15) is 0 Å². The van der Waals surface area contributed by atoms with E-state index in [4.69, 9.17) is 14.5 Å². The van der Waals surface area contributed by atoms with Crippen LogP contribution in [0.3, 0.4) is 0 Å². The van der Waals surface area contributed by atoms with Crippen LogP contribution in [-0.4, -0.2) is 29.1 Å². The molecule has 0 spiro atoms. The molecule has 1 saturated carbocycles. The third-order valence-corrected chi connectivity index (χ3v) is 7.63. The minimum Gasteiger partial charge on any atom is -0.348 e. The third-order valence-electron chi connectivity index (χ3n) is 6.63. The first-order chi connectivity index (χ1) is 15.4. The molecule has 4 nitrogen and oxygen atoms in total. The van der Waals surface area contributed by atoms with E-state index in [1.807, 2.05) is 24.3 Å². The number of hydrogen-bond acceptors (Lipinski definition) is 5. The molecule has 6 rings (SSSR count). The summed E-state index contributed by atoms with van der Waals surface area (Å²) in [5.74, 6) is -3.13. The van der Waals surface area contributed by atoms with Crippen molar-refractivity contribution in [3.05, 3.63) is 59.6 Å². The first-order valence-electron chi connectivity index (χ1n) is 10.8. The van der Waals surface area contributed by atoms with Crippen molar-refractivity contribution in [2.45, 2.75) is 43.3 Å². The monoisotopic (exact) mass is 458 g/mol. The van der Waals surface area contributed by atoms with Crippen molar-refractivity contribution in [1.82, 2.24) is 9.97 Å². The molecule has 3 aromatic rings. The summed E-state index contributed by atoms with van der Waals surface area (Å²) in [6.07, 6.45) is 4.54. The van der Waals surface area contributed by atoms with Gasteiger partial charge >= 0.3 is 0 Å². The van der Waals surface area contributed by atoms with Crippen LogP contribution in [-0.2, 0) is 14.9 Å². The van der Waals surface area contributed by atoms with Gasteiger partial charge < -0.3 is 9.47 Å². The molecule has 2 fully saturated rings. The fraction of sp³-hybridized carbons (Fsp3) is 0.417. The number of aromatic nitrogens is 2. The van der Waals surface area contributed by atoms with Gasteiger partial charge in [-0.3, -0.25) is 0 Å². The van der Waals surface area contributed by atoms with Crippen LogP contribution < -0.4 is 0 Å². The second-order valence-corrected chi connectivity index (χ2v) is 9.75. The first kappa shape index (κ1) is 20.3. The highest BCUT2D eigenvalue weighted by Crippen LogP contribution is 2.55. The number of hydrogen-bond donors (Lipinski definition) is 0. The highest BCUT2D eigenvalue weighted by Gasteiger charge is 2.53. The SMILES string of the molecule is Fc1cc(C2OCCCO2)ccc1-c1nc2ccc(C3(C4CCC(F)(F)C4)C=C3)nc2s1. The van der Waals surface area contributed by atoms with E-state index in [0.717, 1.165) is 12.1 Å². The minimum atomic E-state index is -2.60. The van der Waals surface area contributed by atoms with Crippen molar-refractivity contribution in [2.75, 3.05) is 13.2 Å². The summed E-state index contributed by atoms with van der Waals surface area (Å²) in [6, 6.07) is 8.62. The second-order valence-electron chi connectivity index (χ2n) is 8.77. The third kappa shape index (κ3) is 3.45. The van der Waals surface area contributed by atoms with E-state index in [1.54, 1.807) is 12.1 Å². The lowest BCUT2D eigenvalue weighted by molar-refractivity contribution is -0.183. The lowest BCUT2D eigenvalue weighted by atomic mass is 9.82. The fourth-order valence-corrected chi connectivity index (χ4v) is 5.77. The highest BCUT2D eigenvalue weighted by atomic mass is 32.1. The fourth-order valence-electron chi connectivity index (χ4n) is 4.80. The van der Waals surface area contributed by atoms with Crippen LogP contribution in [0, 0.1) is 11.7 Å². The van der Waals surface area contributed by atoms with E-state index in [-0.39, 0.29) is 18.8 Å². The summed E-state index contributed by atoms with van der Waals surface area (Å²) in [4.78, 5) is 10.00. The molecule has 0 bridgehead atoms. The molecule has 3 heterocycles. The Bertz CT molecular complexity index is 1210. The summed E-state index contributed by atoms with van der Waals surface area (Å²) in [7, 11) is 0. The zero-order valence-corrected chi connectivity index (χ0v) is 18.0. The zero-order valence-electron chi connectivity index (χ0n) is 17.2. The van der Waals surface area contributed by atoms with Gasteiger partial charge in [-0.15, -0.1) is 0 Å².